The van der Waals surface area contributed by atoms with Crippen LogP contribution in [0.4, 0.5) is 10.5 Å². The molecule has 25 heavy (non-hydrogen) atoms. The summed E-state index contributed by atoms with van der Waals surface area (Å²) in [5.41, 5.74) is 0.739. The van der Waals surface area contributed by atoms with Crippen LogP contribution >= 0.6 is 0 Å². The molecule has 0 aliphatic carbocycles. The number of hydrogen-bond donors (Lipinski definition) is 1. The molecule has 0 saturated carbocycles. The van der Waals surface area contributed by atoms with Crippen molar-refractivity contribution >= 4 is 23.7 Å². The molecule has 7 heteroatoms. The third-order valence-corrected chi connectivity index (χ3v) is 4.53. The van der Waals surface area contributed by atoms with Gasteiger partial charge in [-0.1, -0.05) is 18.2 Å². The number of piperidine rings is 1. The van der Waals surface area contributed by atoms with Crippen molar-refractivity contribution in [2.45, 2.75) is 38.4 Å². The van der Waals surface area contributed by atoms with E-state index in [2.05, 4.69) is 5.32 Å². The zero-order valence-electron chi connectivity index (χ0n) is 14.1. The number of urea groups is 1. The van der Waals surface area contributed by atoms with Crippen molar-refractivity contribution in [3.63, 3.8) is 0 Å². The number of ether oxygens (including phenoxy) is 2. The molecule has 7 nitrogen and oxygen atoms in total. The standard InChI is InChI=1S/C18H22N2O5/c1-12-11-15(17(22)24-12)25-16(21)13-7-9-20(10-8-13)18(23)19-14-5-3-2-4-6-14/h2-6,12-13,15H,7-11H2,1H3,(H,19,23)/t12-,15-/m1/s1. The monoisotopic (exact) mass is 346 g/mol. The number of nitrogens with zero attached hydrogens (tertiary/aromatic N) is 1. The van der Waals surface area contributed by atoms with Crippen molar-refractivity contribution < 1.29 is 23.9 Å². The maximum Gasteiger partial charge on any atom is 0.347 e. The van der Waals surface area contributed by atoms with E-state index in [1.54, 1.807) is 11.8 Å². The Morgan fingerprint density at radius 3 is 2.48 bits per heavy atom. The molecule has 2 aliphatic heterocycles. The lowest BCUT2D eigenvalue weighted by Gasteiger charge is -2.31. The number of esters is 2. The minimum Gasteiger partial charge on any atom is -0.460 e. The van der Waals surface area contributed by atoms with Crippen LogP contribution in [0.25, 0.3) is 0 Å². The van der Waals surface area contributed by atoms with Crippen LogP contribution in [0.1, 0.15) is 26.2 Å². The van der Waals surface area contributed by atoms with E-state index in [1.807, 2.05) is 30.3 Å². The summed E-state index contributed by atoms with van der Waals surface area (Å²) in [4.78, 5) is 37.7. The zero-order valence-corrected chi connectivity index (χ0v) is 14.1. The van der Waals surface area contributed by atoms with Crippen molar-refractivity contribution in [1.29, 1.82) is 0 Å². The van der Waals surface area contributed by atoms with E-state index in [-0.39, 0.29) is 24.0 Å². The lowest BCUT2D eigenvalue weighted by atomic mass is 9.97. The molecule has 0 spiro atoms. The number of carbonyl (C=O) groups excluding carboxylic acids is 3. The number of hydrogen-bond acceptors (Lipinski definition) is 5. The van der Waals surface area contributed by atoms with Gasteiger partial charge in [-0.05, 0) is 31.9 Å². The smallest absolute Gasteiger partial charge is 0.347 e. The zero-order chi connectivity index (χ0) is 17.8. The van der Waals surface area contributed by atoms with Crippen molar-refractivity contribution in [2.75, 3.05) is 18.4 Å². The molecule has 134 valence electrons. The SMILES string of the molecule is C[C@@H]1C[C@@H](OC(=O)C2CCN(C(=O)Nc3ccccc3)CC2)C(=O)O1. The van der Waals surface area contributed by atoms with Crippen LogP contribution in [-0.4, -0.2) is 48.2 Å². The molecular weight excluding hydrogens is 324 g/mol. The molecule has 2 atom stereocenters. The Morgan fingerprint density at radius 2 is 1.88 bits per heavy atom. The molecule has 0 radical (unpaired) electrons. The third-order valence-electron chi connectivity index (χ3n) is 4.53. The second kappa shape index (κ2) is 7.55. The lowest BCUT2D eigenvalue weighted by molar-refractivity contribution is -0.164. The Balaban J connectivity index is 1.46. The lowest BCUT2D eigenvalue weighted by Crippen LogP contribution is -2.43. The van der Waals surface area contributed by atoms with Gasteiger partial charge in [-0.2, -0.15) is 0 Å². The summed E-state index contributed by atoms with van der Waals surface area (Å²) in [6.07, 6.45) is 0.454. The maximum atomic E-state index is 12.2. The Kier molecular flexibility index (Phi) is 5.21. The molecule has 0 unspecified atom stereocenters. The molecule has 1 aromatic rings. The summed E-state index contributed by atoms with van der Waals surface area (Å²) in [7, 11) is 0. The van der Waals surface area contributed by atoms with Crippen LogP contribution in [0, 0.1) is 5.92 Å². The van der Waals surface area contributed by atoms with Gasteiger partial charge in [-0.15, -0.1) is 0 Å². The number of amides is 2. The van der Waals surface area contributed by atoms with Gasteiger partial charge in [0.25, 0.3) is 0 Å². The van der Waals surface area contributed by atoms with Crippen LogP contribution in [0.15, 0.2) is 30.3 Å². The molecule has 0 bridgehead atoms. The number of anilines is 1. The summed E-state index contributed by atoms with van der Waals surface area (Å²) in [6.45, 7) is 2.73. The van der Waals surface area contributed by atoms with Crippen LogP contribution in [-0.2, 0) is 19.1 Å². The van der Waals surface area contributed by atoms with Crippen molar-refractivity contribution in [1.82, 2.24) is 4.90 Å². The van der Waals surface area contributed by atoms with Gasteiger partial charge in [0.2, 0.25) is 6.10 Å². The van der Waals surface area contributed by atoms with Crippen molar-refractivity contribution in [3.8, 4) is 0 Å². The van der Waals surface area contributed by atoms with Crippen molar-refractivity contribution in [3.05, 3.63) is 30.3 Å². The van der Waals surface area contributed by atoms with Gasteiger partial charge < -0.3 is 19.7 Å². The van der Waals surface area contributed by atoms with Crippen LogP contribution in [0.5, 0.6) is 0 Å². The number of likely N-dealkylation sites (tertiary alicyclic amines) is 1. The van der Waals surface area contributed by atoms with E-state index in [0.717, 1.165) is 5.69 Å². The summed E-state index contributed by atoms with van der Waals surface area (Å²) in [5.74, 6) is -1.14. The fourth-order valence-electron chi connectivity index (χ4n) is 3.09. The average molecular weight is 346 g/mol. The number of cyclic esters (lactones) is 1. The average Bonchev–Trinajstić information content (AvgIpc) is 2.93. The number of nitrogens with one attached hydrogen (secondary N) is 1. The predicted octanol–water partition coefficient (Wildman–Crippen LogP) is 2.18. The highest BCUT2D eigenvalue weighted by Gasteiger charge is 2.37. The van der Waals surface area contributed by atoms with E-state index in [1.165, 1.54) is 0 Å². The fourth-order valence-corrected chi connectivity index (χ4v) is 3.09. The quantitative estimate of drug-likeness (QED) is 0.848. The number of benzene rings is 1. The van der Waals surface area contributed by atoms with E-state index in [0.29, 0.717) is 32.4 Å². The van der Waals surface area contributed by atoms with Crippen LogP contribution in [0.3, 0.4) is 0 Å². The first-order valence-electron chi connectivity index (χ1n) is 8.55. The predicted molar refractivity (Wildman–Crippen MR) is 89.8 cm³/mol. The van der Waals surface area contributed by atoms with Crippen LogP contribution in [0.2, 0.25) is 0 Å². The van der Waals surface area contributed by atoms with E-state index in [4.69, 9.17) is 9.47 Å². The van der Waals surface area contributed by atoms with Crippen molar-refractivity contribution in [2.24, 2.45) is 5.92 Å². The number of rotatable bonds is 3. The van der Waals surface area contributed by atoms with Gasteiger partial charge in [0.1, 0.15) is 6.10 Å². The third kappa shape index (κ3) is 4.29. The van der Waals surface area contributed by atoms with Gasteiger partial charge in [0.05, 0.1) is 5.92 Å². The molecule has 2 heterocycles. The Hall–Kier alpha value is -2.57. The van der Waals surface area contributed by atoms with Gasteiger partial charge in [0.15, 0.2) is 0 Å². The first-order valence-corrected chi connectivity index (χ1v) is 8.55. The molecule has 2 aliphatic rings. The van der Waals surface area contributed by atoms with E-state index >= 15 is 0 Å². The largest absolute Gasteiger partial charge is 0.460 e. The Bertz CT molecular complexity index is 640. The molecule has 2 amide bonds. The highest BCUT2D eigenvalue weighted by atomic mass is 16.6. The summed E-state index contributed by atoms with van der Waals surface area (Å²) in [5, 5.41) is 2.83. The molecule has 1 aromatic carbocycles. The van der Waals surface area contributed by atoms with Gasteiger partial charge in [0, 0.05) is 25.2 Å². The minimum atomic E-state index is -0.790. The summed E-state index contributed by atoms with van der Waals surface area (Å²) in [6, 6.07) is 9.06. The summed E-state index contributed by atoms with van der Waals surface area (Å²) >= 11 is 0. The molecule has 2 fully saturated rings. The van der Waals surface area contributed by atoms with Gasteiger partial charge >= 0.3 is 18.0 Å². The van der Waals surface area contributed by atoms with E-state index in [9.17, 15) is 14.4 Å². The Labute approximate surface area is 146 Å². The molecule has 0 aromatic heterocycles. The Morgan fingerprint density at radius 1 is 1.20 bits per heavy atom. The van der Waals surface area contributed by atoms with Gasteiger partial charge in [-0.25, -0.2) is 9.59 Å². The highest BCUT2D eigenvalue weighted by Crippen LogP contribution is 2.23. The molecular formula is C18H22N2O5. The molecule has 2 saturated heterocycles. The minimum absolute atomic E-state index is 0.175. The number of para-hydroxylation sites is 1. The van der Waals surface area contributed by atoms with Crippen LogP contribution < -0.4 is 5.32 Å². The summed E-state index contributed by atoms with van der Waals surface area (Å²) < 4.78 is 10.3. The highest BCUT2D eigenvalue weighted by molar-refractivity contribution is 5.89. The molecule has 1 N–H and O–H groups in total. The number of carbonyl (C=O) groups is 3. The second-order valence-corrected chi connectivity index (χ2v) is 6.47. The maximum absolute atomic E-state index is 12.2. The first-order chi connectivity index (χ1) is 12.0. The van der Waals surface area contributed by atoms with E-state index < -0.39 is 12.1 Å². The molecule has 3 rings (SSSR count). The topological polar surface area (TPSA) is 84.9 Å². The second-order valence-electron chi connectivity index (χ2n) is 6.47. The normalized spacial score (nSPS) is 23.9. The van der Waals surface area contributed by atoms with Gasteiger partial charge in [-0.3, -0.25) is 4.79 Å². The fraction of sp³-hybridized carbons (Fsp3) is 0.500. The first kappa shape index (κ1) is 17.3.